The molecule has 9 heteroatoms. The third-order valence-corrected chi connectivity index (χ3v) is 3.98. The van der Waals surface area contributed by atoms with Crippen LogP contribution < -0.4 is 9.47 Å². The van der Waals surface area contributed by atoms with Crippen LogP contribution in [0.4, 0.5) is 13.2 Å². The van der Waals surface area contributed by atoms with Crippen LogP contribution in [0.5, 0.6) is 11.5 Å². The first-order chi connectivity index (χ1) is 11.2. The third kappa shape index (κ3) is 3.39. The van der Waals surface area contributed by atoms with E-state index in [1.807, 2.05) is 0 Å². The number of methoxy groups -OCH3 is 2. The van der Waals surface area contributed by atoms with E-state index >= 15 is 0 Å². The van der Waals surface area contributed by atoms with Gasteiger partial charge in [-0.15, -0.1) is 0 Å². The van der Waals surface area contributed by atoms with Gasteiger partial charge in [0, 0.05) is 13.1 Å². The van der Waals surface area contributed by atoms with E-state index in [0.29, 0.717) is 5.75 Å². The number of hydrogen-bond donors (Lipinski definition) is 1. The normalized spacial score (nSPS) is 20.8. The molecule has 1 aliphatic heterocycles. The smallest absolute Gasteiger partial charge is 0.394 e. The SMILES string of the molecule is COc1ccc(OC)c(C(=O)N2C[C@@H](C(F)(F)F)[C@H](C(=O)O)C2)c1. The Morgan fingerprint density at radius 1 is 1.21 bits per heavy atom. The molecule has 1 fully saturated rings. The number of amides is 1. The van der Waals surface area contributed by atoms with E-state index in [1.54, 1.807) is 0 Å². The van der Waals surface area contributed by atoms with E-state index in [4.69, 9.17) is 14.6 Å². The van der Waals surface area contributed by atoms with E-state index in [0.717, 1.165) is 4.90 Å². The number of carbonyl (C=O) groups excluding carboxylic acids is 1. The summed E-state index contributed by atoms with van der Waals surface area (Å²) in [6, 6.07) is 4.34. The van der Waals surface area contributed by atoms with Crippen molar-refractivity contribution >= 4 is 11.9 Å². The molecule has 1 saturated heterocycles. The Morgan fingerprint density at radius 2 is 1.88 bits per heavy atom. The van der Waals surface area contributed by atoms with Gasteiger partial charge in [-0.05, 0) is 18.2 Å². The van der Waals surface area contributed by atoms with Crippen LogP contribution in [-0.4, -0.2) is 55.4 Å². The molecule has 0 spiro atoms. The highest BCUT2D eigenvalue weighted by molar-refractivity contribution is 5.98. The summed E-state index contributed by atoms with van der Waals surface area (Å²) < 4.78 is 49.1. The fourth-order valence-electron chi connectivity index (χ4n) is 2.70. The number of ether oxygens (including phenoxy) is 2. The zero-order valence-electron chi connectivity index (χ0n) is 13.0. The molecule has 0 unspecified atom stereocenters. The lowest BCUT2D eigenvalue weighted by atomic mass is 9.96. The monoisotopic (exact) mass is 347 g/mol. The number of nitrogens with zero attached hydrogens (tertiary/aromatic N) is 1. The van der Waals surface area contributed by atoms with E-state index in [1.165, 1.54) is 32.4 Å². The highest BCUT2D eigenvalue weighted by atomic mass is 19.4. The second kappa shape index (κ2) is 6.58. The minimum atomic E-state index is -4.70. The zero-order valence-corrected chi connectivity index (χ0v) is 13.0. The molecular weight excluding hydrogens is 331 g/mol. The van der Waals surface area contributed by atoms with Gasteiger partial charge in [0.2, 0.25) is 0 Å². The number of aliphatic carboxylic acids is 1. The van der Waals surface area contributed by atoms with E-state index in [2.05, 4.69) is 0 Å². The molecule has 0 radical (unpaired) electrons. The van der Waals surface area contributed by atoms with Gasteiger partial charge in [-0.25, -0.2) is 0 Å². The Bertz CT molecular complexity index is 646. The van der Waals surface area contributed by atoms with Gasteiger partial charge in [-0.2, -0.15) is 13.2 Å². The number of likely N-dealkylation sites (tertiary alicyclic amines) is 1. The molecule has 1 aromatic carbocycles. The van der Waals surface area contributed by atoms with Crippen LogP contribution in [0.25, 0.3) is 0 Å². The van der Waals surface area contributed by atoms with Gasteiger partial charge in [0.25, 0.3) is 5.91 Å². The largest absolute Gasteiger partial charge is 0.497 e. The van der Waals surface area contributed by atoms with Crippen molar-refractivity contribution < 1.29 is 37.3 Å². The average Bonchev–Trinajstić information content (AvgIpc) is 2.99. The summed E-state index contributed by atoms with van der Waals surface area (Å²) >= 11 is 0. The summed E-state index contributed by atoms with van der Waals surface area (Å²) in [6.45, 7) is -1.22. The maximum Gasteiger partial charge on any atom is 0.394 e. The molecule has 0 bridgehead atoms. The second-order valence-corrected chi connectivity index (χ2v) is 5.37. The van der Waals surface area contributed by atoms with Crippen LogP contribution in [0.2, 0.25) is 0 Å². The maximum atomic E-state index is 13.0. The Hall–Kier alpha value is -2.45. The summed E-state index contributed by atoms with van der Waals surface area (Å²) in [5.41, 5.74) is 0.0174. The molecule has 6 nitrogen and oxygen atoms in total. The summed E-state index contributed by atoms with van der Waals surface area (Å²) in [5.74, 6) is -5.60. The summed E-state index contributed by atoms with van der Waals surface area (Å²) in [5, 5.41) is 9.02. The van der Waals surface area contributed by atoms with E-state index in [9.17, 15) is 22.8 Å². The minimum absolute atomic E-state index is 0.0174. The van der Waals surface area contributed by atoms with Crippen LogP contribution in [0.1, 0.15) is 10.4 Å². The molecule has 1 amide bonds. The number of rotatable bonds is 4. The number of hydrogen-bond acceptors (Lipinski definition) is 4. The number of carbonyl (C=O) groups is 2. The molecule has 2 rings (SSSR count). The first-order valence-corrected chi connectivity index (χ1v) is 6.99. The molecule has 2 atom stereocenters. The van der Waals surface area contributed by atoms with Crippen molar-refractivity contribution in [3.8, 4) is 11.5 Å². The first kappa shape index (κ1) is 17.9. The molecule has 0 aliphatic carbocycles. The Morgan fingerprint density at radius 3 is 2.33 bits per heavy atom. The van der Waals surface area contributed by atoms with Crippen molar-refractivity contribution in [1.29, 1.82) is 0 Å². The molecule has 0 aromatic heterocycles. The number of benzene rings is 1. The molecule has 24 heavy (non-hydrogen) atoms. The summed E-state index contributed by atoms with van der Waals surface area (Å²) in [6.07, 6.45) is -4.70. The van der Waals surface area contributed by atoms with Crippen molar-refractivity contribution in [1.82, 2.24) is 4.90 Å². The van der Waals surface area contributed by atoms with Crippen molar-refractivity contribution in [2.24, 2.45) is 11.8 Å². The zero-order chi connectivity index (χ0) is 18.1. The molecule has 1 aliphatic rings. The Labute approximate surface area is 135 Å². The predicted molar refractivity (Wildman–Crippen MR) is 76.1 cm³/mol. The summed E-state index contributed by atoms with van der Waals surface area (Å²) in [7, 11) is 2.70. The molecule has 132 valence electrons. The van der Waals surface area contributed by atoms with Crippen molar-refractivity contribution in [2.75, 3.05) is 27.3 Å². The number of carboxylic acids is 1. The molecular formula is C15H16F3NO5. The lowest BCUT2D eigenvalue weighted by Crippen LogP contribution is -2.34. The van der Waals surface area contributed by atoms with Crippen LogP contribution in [0.3, 0.4) is 0 Å². The topological polar surface area (TPSA) is 76.1 Å². The lowest BCUT2D eigenvalue weighted by Gasteiger charge is -2.19. The summed E-state index contributed by atoms with van der Waals surface area (Å²) in [4.78, 5) is 24.6. The van der Waals surface area contributed by atoms with Crippen LogP contribution in [0, 0.1) is 11.8 Å². The average molecular weight is 347 g/mol. The van der Waals surface area contributed by atoms with Crippen LogP contribution in [0.15, 0.2) is 18.2 Å². The lowest BCUT2D eigenvalue weighted by molar-refractivity contribution is -0.187. The molecule has 1 heterocycles. The quantitative estimate of drug-likeness (QED) is 0.902. The van der Waals surface area contributed by atoms with E-state index < -0.39 is 43.0 Å². The first-order valence-electron chi connectivity index (χ1n) is 6.99. The predicted octanol–water partition coefficient (Wildman–Crippen LogP) is 2.04. The van der Waals surface area contributed by atoms with Crippen LogP contribution >= 0.6 is 0 Å². The standard InChI is InChI=1S/C15H16F3NO5/c1-23-8-3-4-12(24-2)9(5-8)13(20)19-6-10(14(21)22)11(7-19)15(16,17)18/h3-5,10-11H,6-7H2,1-2H3,(H,21,22)/t10-,11-/m1/s1. The fourth-order valence-corrected chi connectivity index (χ4v) is 2.70. The van der Waals surface area contributed by atoms with Crippen molar-refractivity contribution in [2.45, 2.75) is 6.18 Å². The van der Waals surface area contributed by atoms with Crippen molar-refractivity contribution in [3.63, 3.8) is 0 Å². The van der Waals surface area contributed by atoms with Crippen molar-refractivity contribution in [3.05, 3.63) is 23.8 Å². The maximum absolute atomic E-state index is 13.0. The molecule has 0 saturated carbocycles. The van der Waals surface area contributed by atoms with Gasteiger partial charge in [0.05, 0.1) is 31.6 Å². The van der Waals surface area contributed by atoms with Gasteiger partial charge in [-0.3, -0.25) is 9.59 Å². The number of carboxylic acid groups (broad SMARTS) is 1. The van der Waals surface area contributed by atoms with Gasteiger partial charge >= 0.3 is 12.1 Å². The van der Waals surface area contributed by atoms with Gasteiger partial charge in [0.1, 0.15) is 11.5 Å². The highest BCUT2D eigenvalue weighted by Crippen LogP contribution is 2.39. The number of halogens is 3. The second-order valence-electron chi connectivity index (χ2n) is 5.37. The molecule has 1 N–H and O–H groups in total. The Kier molecular flexibility index (Phi) is 4.91. The number of alkyl halides is 3. The fraction of sp³-hybridized carbons (Fsp3) is 0.467. The van der Waals surface area contributed by atoms with Gasteiger partial charge in [-0.1, -0.05) is 0 Å². The van der Waals surface area contributed by atoms with Gasteiger partial charge < -0.3 is 19.5 Å². The minimum Gasteiger partial charge on any atom is -0.497 e. The van der Waals surface area contributed by atoms with Gasteiger partial charge in [0.15, 0.2) is 0 Å². The molecule has 1 aromatic rings. The highest BCUT2D eigenvalue weighted by Gasteiger charge is 2.53. The Balaban J connectivity index is 2.32. The van der Waals surface area contributed by atoms with Crippen LogP contribution in [-0.2, 0) is 4.79 Å². The van der Waals surface area contributed by atoms with E-state index in [-0.39, 0.29) is 11.3 Å². The third-order valence-electron chi connectivity index (χ3n) is 3.98.